The van der Waals surface area contributed by atoms with Gasteiger partial charge < -0.3 is 0 Å². The van der Waals surface area contributed by atoms with Gasteiger partial charge in [-0.2, -0.15) is 0 Å². The van der Waals surface area contributed by atoms with Gasteiger partial charge in [-0.05, 0) is 12.3 Å². The molecule has 0 unspecified atom stereocenters. The van der Waals surface area contributed by atoms with Gasteiger partial charge in [-0.3, -0.25) is 4.99 Å². The van der Waals surface area contributed by atoms with Crippen molar-refractivity contribution in [2.24, 2.45) is 10.9 Å². The van der Waals surface area contributed by atoms with Crippen LogP contribution < -0.4 is 0 Å². The van der Waals surface area contributed by atoms with Gasteiger partial charge in [0.25, 0.3) is 0 Å². The molecule has 0 rings (SSSR count). The topological polar surface area (TPSA) is 12.4 Å². The first-order chi connectivity index (χ1) is 3.77. The molecule has 0 aliphatic rings. The van der Waals surface area contributed by atoms with Gasteiger partial charge in [-0.15, -0.1) is 0 Å². The first-order valence-electron chi connectivity index (χ1n) is 3.27. The van der Waals surface area contributed by atoms with E-state index in [0.29, 0.717) is 5.92 Å². The Bertz CT molecular complexity index is 64.8. The highest BCUT2D eigenvalue weighted by molar-refractivity contribution is 5.59. The summed E-state index contributed by atoms with van der Waals surface area (Å²) < 4.78 is 0. The molecule has 0 atom stereocenters. The quantitative estimate of drug-likeness (QED) is 0.497. The van der Waals surface area contributed by atoms with E-state index in [9.17, 15) is 0 Å². The van der Waals surface area contributed by atoms with E-state index in [-0.39, 0.29) is 0 Å². The second kappa shape index (κ2) is 4.82. The van der Waals surface area contributed by atoms with Crippen molar-refractivity contribution in [2.45, 2.75) is 27.2 Å². The zero-order valence-corrected chi connectivity index (χ0v) is 6.02. The summed E-state index contributed by atoms with van der Waals surface area (Å²) >= 11 is 0. The van der Waals surface area contributed by atoms with Gasteiger partial charge in [0.05, 0.1) is 0 Å². The van der Waals surface area contributed by atoms with Crippen molar-refractivity contribution < 1.29 is 0 Å². The lowest BCUT2D eigenvalue weighted by Crippen LogP contribution is -1.87. The predicted molar refractivity (Wildman–Crippen MR) is 38.5 cm³/mol. The molecule has 0 aromatic carbocycles. The minimum atomic E-state index is 0.613. The third kappa shape index (κ3) is 5.67. The largest absolute Gasteiger partial charge is 0.297 e. The van der Waals surface area contributed by atoms with Crippen LogP contribution in [-0.4, -0.2) is 12.8 Å². The number of nitrogens with zero attached hydrogens (tertiary/aromatic N) is 1. The molecule has 48 valence electrons. The van der Waals surface area contributed by atoms with Crippen molar-refractivity contribution in [2.75, 3.05) is 6.54 Å². The fraction of sp³-hybridized carbons (Fsp3) is 0.857. The van der Waals surface area contributed by atoms with Crippen LogP contribution in [0.2, 0.25) is 0 Å². The summed E-state index contributed by atoms with van der Waals surface area (Å²) in [6, 6.07) is 0. The number of hydrogen-bond donors (Lipinski definition) is 0. The minimum Gasteiger partial charge on any atom is -0.297 e. The maximum absolute atomic E-state index is 4.16. The van der Waals surface area contributed by atoms with Crippen molar-refractivity contribution in [1.82, 2.24) is 0 Å². The molecule has 0 aromatic rings. The van der Waals surface area contributed by atoms with Gasteiger partial charge in [0, 0.05) is 12.8 Å². The SMILES string of the molecule is CCC/N=C\C(C)C. The molecule has 0 aromatic heterocycles. The number of aliphatic imine (C=N–C) groups is 1. The Morgan fingerprint density at radius 3 is 2.50 bits per heavy atom. The van der Waals surface area contributed by atoms with Crippen LogP contribution in [0.4, 0.5) is 0 Å². The van der Waals surface area contributed by atoms with Crippen molar-refractivity contribution in [3.63, 3.8) is 0 Å². The van der Waals surface area contributed by atoms with E-state index in [1.807, 2.05) is 6.21 Å². The number of hydrogen-bond acceptors (Lipinski definition) is 1. The number of rotatable bonds is 3. The van der Waals surface area contributed by atoms with E-state index in [0.717, 1.165) is 13.0 Å². The fourth-order valence-corrected chi connectivity index (χ4v) is 0.414. The molecule has 0 radical (unpaired) electrons. The van der Waals surface area contributed by atoms with Crippen LogP contribution in [0.5, 0.6) is 0 Å². The molecule has 0 saturated carbocycles. The highest BCUT2D eigenvalue weighted by Gasteiger charge is 1.81. The normalized spacial score (nSPS) is 11.5. The second-order valence-corrected chi connectivity index (χ2v) is 2.30. The van der Waals surface area contributed by atoms with E-state index in [2.05, 4.69) is 25.8 Å². The molecule has 0 aliphatic heterocycles. The standard InChI is InChI=1S/C7H15N/c1-4-5-8-6-7(2)3/h6-7H,4-5H2,1-3H3/b8-6-. The van der Waals surface area contributed by atoms with Crippen LogP contribution in [-0.2, 0) is 0 Å². The maximum atomic E-state index is 4.16. The monoisotopic (exact) mass is 113 g/mol. The Morgan fingerprint density at radius 1 is 1.50 bits per heavy atom. The smallest absolute Gasteiger partial charge is 0.0382 e. The molecule has 0 saturated heterocycles. The van der Waals surface area contributed by atoms with Gasteiger partial charge in [0.2, 0.25) is 0 Å². The molecule has 1 heteroatoms. The third-order valence-corrected chi connectivity index (χ3v) is 0.756. The van der Waals surface area contributed by atoms with E-state index >= 15 is 0 Å². The van der Waals surface area contributed by atoms with E-state index in [1.54, 1.807) is 0 Å². The molecule has 0 heterocycles. The Kier molecular flexibility index (Phi) is 4.62. The van der Waals surface area contributed by atoms with E-state index < -0.39 is 0 Å². The average molecular weight is 113 g/mol. The van der Waals surface area contributed by atoms with Crippen molar-refractivity contribution in [3.05, 3.63) is 0 Å². The lowest BCUT2D eigenvalue weighted by Gasteiger charge is -1.90. The molecule has 0 fully saturated rings. The summed E-state index contributed by atoms with van der Waals surface area (Å²) in [5, 5.41) is 0. The predicted octanol–water partition coefficient (Wildman–Crippen LogP) is 2.12. The van der Waals surface area contributed by atoms with Crippen LogP contribution >= 0.6 is 0 Å². The Morgan fingerprint density at radius 2 is 2.12 bits per heavy atom. The van der Waals surface area contributed by atoms with Gasteiger partial charge in [-0.1, -0.05) is 20.8 Å². The summed E-state index contributed by atoms with van der Waals surface area (Å²) in [6.45, 7) is 7.40. The lowest BCUT2D eigenvalue weighted by atomic mass is 10.2. The van der Waals surface area contributed by atoms with Crippen LogP contribution in [0.1, 0.15) is 27.2 Å². The summed E-state index contributed by atoms with van der Waals surface area (Å²) in [7, 11) is 0. The summed E-state index contributed by atoms with van der Waals surface area (Å²) in [6.07, 6.45) is 3.16. The summed E-state index contributed by atoms with van der Waals surface area (Å²) in [5.41, 5.74) is 0. The molecule has 0 aliphatic carbocycles. The second-order valence-electron chi connectivity index (χ2n) is 2.30. The van der Waals surface area contributed by atoms with Crippen molar-refractivity contribution in [1.29, 1.82) is 0 Å². The van der Waals surface area contributed by atoms with Gasteiger partial charge in [0.15, 0.2) is 0 Å². The Labute approximate surface area is 51.8 Å². The zero-order chi connectivity index (χ0) is 6.41. The summed E-state index contributed by atoms with van der Waals surface area (Å²) in [5.74, 6) is 0.613. The molecule has 0 amide bonds. The lowest BCUT2D eigenvalue weighted by molar-refractivity contribution is 0.874. The third-order valence-electron chi connectivity index (χ3n) is 0.756. The first kappa shape index (κ1) is 7.67. The Balaban J connectivity index is 3.07. The van der Waals surface area contributed by atoms with Crippen LogP contribution in [0.15, 0.2) is 4.99 Å². The molecular weight excluding hydrogens is 98.1 g/mol. The molecule has 1 nitrogen and oxygen atoms in total. The minimum absolute atomic E-state index is 0.613. The van der Waals surface area contributed by atoms with Crippen molar-refractivity contribution in [3.8, 4) is 0 Å². The first-order valence-corrected chi connectivity index (χ1v) is 3.27. The van der Waals surface area contributed by atoms with Gasteiger partial charge in [0.1, 0.15) is 0 Å². The van der Waals surface area contributed by atoms with E-state index in [4.69, 9.17) is 0 Å². The highest BCUT2D eigenvalue weighted by atomic mass is 14.7. The van der Waals surface area contributed by atoms with Gasteiger partial charge >= 0.3 is 0 Å². The van der Waals surface area contributed by atoms with Crippen LogP contribution in [0.25, 0.3) is 0 Å². The van der Waals surface area contributed by atoms with Gasteiger partial charge in [-0.25, -0.2) is 0 Å². The molecule has 0 bridgehead atoms. The van der Waals surface area contributed by atoms with E-state index in [1.165, 1.54) is 0 Å². The van der Waals surface area contributed by atoms with Crippen molar-refractivity contribution >= 4 is 6.21 Å². The van der Waals surface area contributed by atoms with Crippen LogP contribution in [0, 0.1) is 5.92 Å². The highest BCUT2D eigenvalue weighted by Crippen LogP contribution is 1.85. The zero-order valence-electron chi connectivity index (χ0n) is 6.02. The van der Waals surface area contributed by atoms with Crippen LogP contribution in [0.3, 0.4) is 0 Å². The summed E-state index contributed by atoms with van der Waals surface area (Å²) in [4.78, 5) is 4.16. The average Bonchev–Trinajstić information content (AvgIpc) is 1.66. The molecular formula is C7H15N. The fourth-order valence-electron chi connectivity index (χ4n) is 0.414. The molecule has 0 spiro atoms. The Hall–Kier alpha value is -0.330. The molecule has 0 N–H and O–H groups in total. The molecule has 8 heavy (non-hydrogen) atoms. The maximum Gasteiger partial charge on any atom is 0.0382 e.